The molecule has 0 atom stereocenters. The van der Waals surface area contributed by atoms with Crippen LogP contribution in [0.3, 0.4) is 0 Å². The van der Waals surface area contributed by atoms with Crippen molar-refractivity contribution in [2.75, 3.05) is 0 Å². The lowest BCUT2D eigenvalue weighted by atomic mass is 10.1. The van der Waals surface area contributed by atoms with E-state index in [0.717, 1.165) is 11.1 Å². The summed E-state index contributed by atoms with van der Waals surface area (Å²) >= 11 is 9.43. The normalized spacial score (nSPS) is 11.1. The van der Waals surface area contributed by atoms with Crippen molar-refractivity contribution in [3.05, 3.63) is 56.9 Å². The second-order valence-corrected chi connectivity index (χ2v) is 6.19. The number of nitrogens with zero attached hydrogens (tertiary/aromatic N) is 2. The summed E-state index contributed by atoms with van der Waals surface area (Å²) in [5.41, 5.74) is 3.36. The third-order valence-electron chi connectivity index (χ3n) is 3.44. The van der Waals surface area contributed by atoms with Crippen molar-refractivity contribution in [3.63, 3.8) is 0 Å². The fourth-order valence-electron chi connectivity index (χ4n) is 2.13. The van der Waals surface area contributed by atoms with E-state index in [4.69, 9.17) is 11.6 Å². The zero-order valence-corrected chi connectivity index (χ0v) is 13.8. The van der Waals surface area contributed by atoms with Crippen molar-refractivity contribution in [2.24, 2.45) is 0 Å². The molecule has 1 aromatic heterocycles. The summed E-state index contributed by atoms with van der Waals surface area (Å²) in [5.74, 6) is 0.00517. The molecule has 0 amide bonds. The van der Waals surface area contributed by atoms with Crippen LogP contribution in [0.2, 0.25) is 5.15 Å². The van der Waals surface area contributed by atoms with Gasteiger partial charge in [0.2, 0.25) is 0 Å². The molecule has 0 fully saturated rings. The quantitative estimate of drug-likeness (QED) is 0.534. The Bertz CT molecular complexity index is 865. The summed E-state index contributed by atoms with van der Waals surface area (Å²) in [6, 6.07) is 8.96. The van der Waals surface area contributed by atoms with Crippen LogP contribution in [0.4, 0.5) is 4.39 Å². The van der Waals surface area contributed by atoms with Crippen LogP contribution < -0.4 is 0 Å². The van der Waals surface area contributed by atoms with Gasteiger partial charge >= 0.3 is 0 Å². The zero-order valence-electron chi connectivity index (χ0n) is 11.4. The molecule has 0 aliphatic rings. The molecule has 0 unspecified atom stereocenters. The van der Waals surface area contributed by atoms with E-state index in [1.165, 1.54) is 11.6 Å². The van der Waals surface area contributed by atoms with E-state index in [2.05, 4.69) is 25.9 Å². The van der Waals surface area contributed by atoms with Gasteiger partial charge in [0.1, 0.15) is 10.7 Å². The lowest BCUT2D eigenvalue weighted by molar-refractivity contribution is 0.636. The summed E-state index contributed by atoms with van der Waals surface area (Å²) < 4.78 is 14.7. The lowest BCUT2D eigenvalue weighted by Crippen LogP contribution is -1.95. The van der Waals surface area contributed by atoms with Crippen molar-refractivity contribution in [3.8, 4) is 11.4 Å². The Labute approximate surface area is 135 Å². The zero-order chi connectivity index (χ0) is 15.1. The van der Waals surface area contributed by atoms with Gasteiger partial charge in [0.05, 0.1) is 0 Å². The van der Waals surface area contributed by atoms with Gasteiger partial charge in [0.15, 0.2) is 11.6 Å². The van der Waals surface area contributed by atoms with Crippen LogP contribution in [-0.4, -0.2) is 9.97 Å². The monoisotopic (exact) mass is 364 g/mol. The van der Waals surface area contributed by atoms with Gasteiger partial charge in [-0.15, -0.1) is 0 Å². The Kier molecular flexibility index (Phi) is 3.68. The Hall–Kier alpha value is -1.52. The van der Waals surface area contributed by atoms with Gasteiger partial charge in [-0.3, -0.25) is 0 Å². The van der Waals surface area contributed by atoms with Crippen molar-refractivity contribution in [1.29, 1.82) is 0 Å². The van der Waals surface area contributed by atoms with Crippen LogP contribution in [0.1, 0.15) is 11.1 Å². The SMILES string of the molecule is Cc1ccc(-c2nc(Cl)c3cc(Br)cc(F)c3n2)cc1C. The standard InChI is InChI=1S/C16H11BrClFN2/c1-8-3-4-10(5-9(8)2)16-20-14-12(15(18)21-16)6-11(17)7-13(14)19/h3-7H,1-2H3. The van der Waals surface area contributed by atoms with Crippen LogP contribution in [0.15, 0.2) is 34.8 Å². The fourth-order valence-corrected chi connectivity index (χ4v) is 2.78. The first kappa shape index (κ1) is 14.4. The number of fused-ring (bicyclic) bond motifs is 1. The van der Waals surface area contributed by atoms with Crippen molar-refractivity contribution in [2.45, 2.75) is 13.8 Å². The third kappa shape index (κ3) is 2.65. The highest BCUT2D eigenvalue weighted by Gasteiger charge is 2.13. The molecule has 2 nitrogen and oxygen atoms in total. The Morgan fingerprint density at radius 2 is 1.81 bits per heavy atom. The summed E-state index contributed by atoms with van der Waals surface area (Å²) in [6.45, 7) is 4.05. The number of rotatable bonds is 1. The van der Waals surface area contributed by atoms with E-state index < -0.39 is 5.82 Å². The van der Waals surface area contributed by atoms with Gasteiger partial charge in [0.25, 0.3) is 0 Å². The van der Waals surface area contributed by atoms with Crippen LogP contribution in [0.25, 0.3) is 22.3 Å². The van der Waals surface area contributed by atoms with E-state index in [1.807, 2.05) is 32.0 Å². The highest BCUT2D eigenvalue weighted by molar-refractivity contribution is 9.10. The van der Waals surface area contributed by atoms with Gasteiger partial charge in [-0.1, -0.05) is 39.7 Å². The molecule has 21 heavy (non-hydrogen) atoms. The highest BCUT2D eigenvalue weighted by atomic mass is 79.9. The molecule has 0 N–H and O–H groups in total. The first-order valence-electron chi connectivity index (χ1n) is 6.35. The Morgan fingerprint density at radius 3 is 2.52 bits per heavy atom. The average molecular weight is 366 g/mol. The van der Waals surface area contributed by atoms with E-state index in [-0.39, 0.29) is 10.7 Å². The molecule has 0 aliphatic carbocycles. The molecular formula is C16H11BrClFN2. The Balaban J connectivity index is 2.27. The fraction of sp³-hybridized carbons (Fsp3) is 0.125. The molecule has 106 valence electrons. The Morgan fingerprint density at radius 1 is 1.05 bits per heavy atom. The number of benzene rings is 2. The minimum atomic E-state index is -0.422. The predicted molar refractivity (Wildman–Crippen MR) is 87.1 cm³/mol. The van der Waals surface area contributed by atoms with Crippen LogP contribution >= 0.6 is 27.5 Å². The molecule has 2 aromatic carbocycles. The second kappa shape index (κ2) is 5.35. The third-order valence-corrected chi connectivity index (χ3v) is 4.18. The molecule has 5 heteroatoms. The van der Waals surface area contributed by atoms with Crippen LogP contribution in [0, 0.1) is 19.7 Å². The molecule has 1 heterocycles. The minimum absolute atomic E-state index is 0.228. The van der Waals surface area contributed by atoms with Gasteiger partial charge in [-0.25, -0.2) is 14.4 Å². The smallest absolute Gasteiger partial charge is 0.161 e. The number of aryl methyl sites for hydroxylation is 2. The molecule has 0 spiro atoms. The number of hydrogen-bond acceptors (Lipinski definition) is 2. The minimum Gasteiger partial charge on any atom is -0.225 e. The largest absolute Gasteiger partial charge is 0.225 e. The molecule has 0 aliphatic heterocycles. The maximum Gasteiger partial charge on any atom is 0.161 e. The topological polar surface area (TPSA) is 25.8 Å². The van der Waals surface area contributed by atoms with Gasteiger partial charge in [-0.05, 0) is 43.2 Å². The van der Waals surface area contributed by atoms with Crippen molar-refractivity contribution >= 4 is 38.4 Å². The van der Waals surface area contributed by atoms with Crippen LogP contribution in [0.5, 0.6) is 0 Å². The number of hydrogen-bond donors (Lipinski definition) is 0. The number of aromatic nitrogens is 2. The summed E-state index contributed by atoms with van der Waals surface area (Å²) in [4.78, 5) is 8.62. The maximum atomic E-state index is 14.1. The molecule has 0 radical (unpaired) electrons. The molecular weight excluding hydrogens is 355 g/mol. The first-order chi connectivity index (χ1) is 9.95. The van der Waals surface area contributed by atoms with E-state index in [9.17, 15) is 4.39 Å². The van der Waals surface area contributed by atoms with Crippen LogP contribution in [-0.2, 0) is 0 Å². The molecule has 0 bridgehead atoms. The number of halogens is 3. The predicted octanol–water partition coefficient (Wildman–Crippen LogP) is 5.47. The van der Waals surface area contributed by atoms with Crippen molar-refractivity contribution in [1.82, 2.24) is 9.97 Å². The molecule has 0 saturated carbocycles. The first-order valence-corrected chi connectivity index (χ1v) is 7.53. The summed E-state index contributed by atoms with van der Waals surface area (Å²) in [6.07, 6.45) is 0. The lowest BCUT2D eigenvalue weighted by Gasteiger charge is -2.08. The van der Waals surface area contributed by atoms with E-state index in [1.54, 1.807) is 6.07 Å². The van der Waals surface area contributed by atoms with E-state index in [0.29, 0.717) is 15.7 Å². The molecule has 0 saturated heterocycles. The highest BCUT2D eigenvalue weighted by Crippen LogP contribution is 2.29. The molecule has 3 rings (SSSR count). The van der Waals surface area contributed by atoms with E-state index >= 15 is 0 Å². The summed E-state index contributed by atoms with van der Waals surface area (Å²) in [5, 5.41) is 0.740. The molecule has 3 aromatic rings. The maximum absolute atomic E-state index is 14.1. The van der Waals surface area contributed by atoms with Gasteiger partial charge < -0.3 is 0 Å². The summed E-state index contributed by atoms with van der Waals surface area (Å²) in [7, 11) is 0. The van der Waals surface area contributed by atoms with Gasteiger partial charge in [-0.2, -0.15) is 0 Å². The van der Waals surface area contributed by atoms with Crippen molar-refractivity contribution < 1.29 is 4.39 Å². The second-order valence-electron chi connectivity index (χ2n) is 4.92. The average Bonchev–Trinajstić information content (AvgIpc) is 2.43. The van der Waals surface area contributed by atoms with Gasteiger partial charge in [0, 0.05) is 15.4 Å².